The van der Waals surface area contributed by atoms with E-state index in [0.29, 0.717) is 17.2 Å². The molecule has 0 radical (unpaired) electrons. The zero-order valence-electron chi connectivity index (χ0n) is 15.8. The smallest absolute Gasteiger partial charge is 0.262 e. The van der Waals surface area contributed by atoms with Gasteiger partial charge < -0.3 is 14.8 Å². The van der Waals surface area contributed by atoms with Crippen molar-refractivity contribution < 1.29 is 22.7 Å². The molecule has 0 saturated carbocycles. The number of nitrogens with one attached hydrogen (secondary N) is 2. The minimum atomic E-state index is -3.92. The molecule has 28 heavy (non-hydrogen) atoms. The van der Waals surface area contributed by atoms with Crippen molar-refractivity contribution in [3.05, 3.63) is 66.8 Å². The third-order valence-corrected chi connectivity index (χ3v) is 5.00. The van der Waals surface area contributed by atoms with E-state index in [1.54, 1.807) is 42.5 Å². The van der Waals surface area contributed by atoms with E-state index in [0.717, 1.165) is 0 Å². The Hall–Kier alpha value is -3.26. The van der Waals surface area contributed by atoms with E-state index < -0.39 is 15.9 Å². The lowest BCUT2D eigenvalue weighted by Crippen LogP contribution is -2.15. The Morgan fingerprint density at radius 2 is 1.64 bits per heavy atom. The number of hydrogen-bond acceptors (Lipinski definition) is 5. The van der Waals surface area contributed by atoms with Gasteiger partial charge in [0, 0.05) is 6.08 Å². The number of para-hydroxylation sites is 2. The molecule has 0 aliphatic rings. The topological polar surface area (TPSA) is 93.7 Å². The fraction of sp³-hybridized carbons (Fsp3) is 0.150. The highest BCUT2D eigenvalue weighted by Crippen LogP contribution is 2.30. The van der Waals surface area contributed by atoms with Crippen LogP contribution in [0, 0.1) is 0 Å². The lowest BCUT2D eigenvalue weighted by atomic mass is 10.3. The minimum absolute atomic E-state index is 0.0352. The number of sulfonamides is 1. The van der Waals surface area contributed by atoms with E-state index in [9.17, 15) is 13.2 Å². The third-order valence-electron chi connectivity index (χ3n) is 3.64. The van der Waals surface area contributed by atoms with E-state index in [-0.39, 0.29) is 10.6 Å². The molecule has 2 N–H and O–H groups in total. The molecule has 0 saturated heterocycles. The maximum Gasteiger partial charge on any atom is 0.262 e. The van der Waals surface area contributed by atoms with Crippen molar-refractivity contribution in [1.82, 2.24) is 0 Å². The standard InChI is InChI=1S/C20H22N2O5S/c1-4-5-6-11-20(23)21-17-14-15(12-13-19(17)27-3)28(24,25)22-16-9-7-8-10-18(16)26-2/h4-14,22H,1-3H3,(H,21,23). The minimum Gasteiger partial charge on any atom is -0.495 e. The SMILES string of the molecule is CC=CC=CC(=O)Nc1cc(S(=O)(=O)Nc2ccccc2OC)ccc1OC. The lowest BCUT2D eigenvalue weighted by Gasteiger charge is -2.14. The van der Waals surface area contributed by atoms with Crippen molar-refractivity contribution in [2.45, 2.75) is 11.8 Å². The molecule has 0 fully saturated rings. The quantitative estimate of drug-likeness (QED) is 0.520. The number of ether oxygens (including phenoxy) is 2. The van der Waals surface area contributed by atoms with Gasteiger partial charge in [0.1, 0.15) is 11.5 Å². The van der Waals surface area contributed by atoms with Crippen LogP contribution in [0.15, 0.2) is 71.7 Å². The van der Waals surface area contributed by atoms with E-state index >= 15 is 0 Å². The van der Waals surface area contributed by atoms with Gasteiger partial charge in [0.2, 0.25) is 5.91 Å². The molecule has 0 atom stereocenters. The van der Waals surface area contributed by atoms with Crippen LogP contribution in [0.5, 0.6) is 11.5 Å². The van der Waals surface area contributed by atoms with Gasteiger partial charge in [-0.25, -0.2) is 8.42 Å². The molecule has 0 aliphatic heterocycles. The number of carbonyl (C=O) groups excluding carboxylic acids is 1. The van der Waals surface area contributed by atoms with Crippen molar-refractivity contribution in [3.63, 3.8) is 0 Å². The second kappa shape index (κ2) is 9.61. The van der Waals surface area contributed by atoms with Crippen molar-refractivity contribution >= 4 is 27.3 Å². The predicted molar refractivity (Wildman–Crippen MR) is 109 cm³/mol. The first-order valence-corrected chi connectivity index (χ1v) is 9.84. The monoisotopic (exact) mass is 402 g/mol. The summed E-state index contributed by atoms with van der Waals surface area (Å²) in [4.78, 5) is 12.0. The molecule has 0 aliphatic carbocycles. The molecule has 2 aromatic carbocycles. The van der Waals surface area contributed by atoms with Gasteiger partial charge in [-0.3, -0.25) is 9.52 Å². The fourth-order valence-corrected chi connectivity index (χ4v) is 3.41. The van der Waals surface area contributed by atoms with Gasteiger partial charge >= 0.3 is 0 Å². The van der Waals surface area contributed by atoms with Gasteiger partial charge in [-0.05, 0) is 37.3 Å². The lowest BCUT2D eigenvalue weighted by molar-refractivity contribution is -0.111. The summed E-state index contributed by atoms with van der Waals surface area (Å²) in [5.74, 6) is 0.315. The Morgan fingerprint density at radius 1 is 0.964 bits per heavy atom. The highest BCUT2D eigenvalue weighted by atomic mass is 32.2. The summed E-state index contributed by atoms with van der Waals surface area (Å²) in [5.41, 5.74) is 0.543. The van der Waals surface area contributed by atoms with Crippen molar-refractivity contribution in [2.75, 3.05) is 24.3 Å². The van der Waals surface area contributed by atoms with Gasteiger partial charge in [-0.1, -0.05) is 30.4 Å². The second-order valence-electron chi connectivity index (χ2n) is 5.54. The molecular formula is C20H22N2O5S. The molecule has 2 rings (SSSR count). The molecule has 0 spiro atoms. The summed E-state index contributed by atoms with van der Waals surface area (Å²) >= 11 is 0. The van der Waals surface area contributed by atoms with Crippen molar-refractivity contribution in [3.8, 4) is 11.5 Å². The highest BCUT2D eigenvalue weighted by Gasteiger charge is 2.19. The van der Waals surface area contributed by atoms with Crippen molar-refractivity contribution in [1.29, 1.82) is 0 Å². The molecule has 148 valence electrons. The van der Waals surface area contributed by atoms with E-state index in [1.165, 1.54) is 38.5 Å². The summed E-state index contributed by atoms with van der Waals surface area (Å²) < 4.78 is 38.4. The number of anilines is 2. The molecule has 0 aromatic heterocycles. The largest absolute Gasteiger partial charge is 0.495 e. The average molecular weight is 402 g/mol. The van der Waals surface area contributed by atoms with Crippen LogP contribution < -0.4 is 19.5 Å². The van der Waals surface area contributed by atoms with Gasteiger partial charge in [0.15, 0.2) is 0 Å². The van der Waals surface area contributed by atoms with Gasteiger partial charge in [-0.15, -0.1) is 0 Å². The molecule has 7 nitrogen and oxygen atoms in total. The maximum absolute atomic E-state index is 12.8. The maximum atomic E-state index is 12.8. The Morgan fingerprint density at radius 3 is 2.32 bits per heavy atom. The molecule has 0 bridgehead atoms. The third kappa shape index (κ3) is 5.37. The summed E-state index contributed by atoms with van der Waals surface area (Å²) in [6, 6.07) is 10.9. The Kier molecular flexibility index (Phi) is 7.22. The Bertz CT molecular complexity index is 997. The number of amides is 1. The Balaban J connectivity index is 2.33. The highest BCUT2D eigenvalue weighted by molar-refractivity contribution is 7.92. The Labute approximate surface area is 164 Å². The zero-order valence-corrected chi connectivity index (χ0v) is 16.6. The first-order valence-electron chi connectivity index (χ1n) is 8.35. The van der Waals surface area contributed by atoms with Crippen LogP contribution in [-0.2, 0) is 14.8 Å². The molecule has 1 amide bonds. The average Bonchev–Trinajstić information content (AvgIpc) is 2.68. The summed E-state index contributed by atoms with van der Waals surface area (Å²) in [6.07, 6.45) is 6.38. The van der Waals surface area contributed by atoms with Crippen LogP contribution in [-0.4, -0.2) is 28.5 Å². The number of rotatable bonds is 8. The fourth-order valence-electron chi connectivity index (χ4n) is 2.31. The summed E-state index contributed by atoms with van der Waals surface area (Å²) in [5, 5.41) is 2.62. The van der Waals surface area contributed by atoms with E-state index in [4.69, 9.17) is 9.47 Å². The van der Waals surface area contributed by atoms with Gasteiger partial charge in [0.25, 0.3) is 10.0 Å². The van der Waals surface area contributed by atoms with E-state index in [2.05, 4.69) is 10.0 Å². The number of hydrogen-bond donors (Lipinski definition) is 2. The van der Waals surface area contributed by atoms with Gasteiger partial charge in [-0.2, -0.15) is 0 Å². The number of benzene rings is 2. The second-order valence-corrected chi connectivity index (χ2v) is 7.22. The van der Waals surface area contributed by atoms with Crippen LogP contribution >= 0.6 is 0 Å². The predicted octanol–water partition coefficient (Wildman–Crippen LogP) is 3.58. The molecular weight excluding hydrogens is 380 g/mol. The molecule has 0 unspecified atom stereocenters. The number of methoxy groups -OCH3 is 2. The van der Waals surface area contributed by atoms with Crippen LogP contribution in [0.25, 0.3) is 0 Å². The van der Waals surface area contributed by atoms with Crippen molar-refractivity contribution in [2.24, 2.45) is 0 Å². The first kappa shape index (κ1) is 21.0. The molecule has 0 heterocycles. The molecule has 8 heteroatoms. The van der Waals surface area contributed by atoms with Crippen LogP contribution in [0.1, 0.15) is 6.92 Å². The summed E-state index contributed by atoms with van der Waals surface area (Å²) in [7, 11) is -1.03. The molecule has 2 aromatic rings. The first-order chi connectivity index (χ1) is 13.4. The summed E-state index contributed by atoms with van der Waals surface area (Å²) in [6.45, 7) is 1.83. The van der Waals surface area contributed by atoms with Gasteiger partial charge in [0.05, 0.1) is 30.5 Å². The number of allylic oxidation sites excluding steroid dienone is 3. The normalized spacial score (nSPS) is 11.5. The van der Waals surface area contributed by atoms with Crippen LogP contribution in [0.4, 0.5) is 11.4 Å². The number of carbonyl (C=O) groups is 1. The van der Waals surface area contributed by atoms with Crippen LogP contribution in [0.2, 0.25) is 0 Å². The zero-order chi connectivity index (χ0) is 20.6. The van der Waals surface area contributed by atoms with E-state index in [1.807, 2.05) is 6.92 Å². The van der Waals surface area contributed by atoms with Crippen LogP contribution in [0.3, 0.4) is 0 Å².